The van der Waals surface area contributed by atoms with Gasteiger partial charge in [0.2, 0.25) is 5.92 Å². The molecule has 4 rings (SSSR count). The minimum Gasteiger partial charge on any atom is -0.493 e. The lowest BCUT2D eigenvalue weighted by molar-refractivity contribution is -0.139. The lowest BCUT2D eigenvalue weighted by atomic mass is 9.87. The first-order chi connectivity index (χ1) is 13.7. The third kappa shape index (κ3) is 4.21. The van der Waals surface area contributed by atoms with Crippen LogP contribution in [0.25, 0.3) is 22.0 Å². The molecule has 1 fully saturated rings. The fourth-order valence-electron chi connectivity index (χ4n) is 3.75. The zero-order valence-electron chi connectivity index (χ0n) is 15.4. The maximum Gasteiger partial charge on any atom is 0.434 e. The van der Waals surface area contributed by atoms with E-state index in [2.05, 4.69) is 9.97 Å². The summed E-state index contributed by atoms with van der Waals surface area (Å²) in [5.41, 5.74) is 0.336. The maximum absolute atomic E-state index is 13.4. The first-order valence-electron chi connectivity index (χ1n) is 9.37. The first-order valence-corrected chi connectivity index (χ1v) is 9.37. The third-order valence-electron chi connectivity index (χ3n) is 5.33. The second kappa shape index (κ2) is 7.31. The number of alkyl halides is 5. The Bertz CT molecular complexity index is 1000. The number of pyridine rings is 1. The van der Waals surface area contributed by atoms with Gasteiger partial charge in [0.05, 0.1) is 6.61 Å². The molecular weight excluding hydrogens is 391 g/mol. The number of halogens is 5. The van der Waals surface area contributed by atoms with Crippen LogP contribution in [-0.2, 0) is 6.18 Å². The smallest absolute Gasteiger partial charge is 0.434 e. The van der Waals surface area contributed by atoms with Crippen molar-refractivity contribution in [3.63, 3.8) is 0 Å². The lowest BCUT2D eigenvalue weighted by Crippen LogP contribution is -2.27. The molecule has 0 radical (unpaired) electrons. The molecule has 0 unspecified atom stereocenters. The molecule has 1 aromatic carbocycles. The van der Waals surface area contributed by atoms with Gasteiger partial charge in [-0.2, -0.15) is 13.2 Å². The Morgan fingerprint density at radius 3 is 2.62 bits per heavy atom. The van der Waals surface area contributed by atoms with Gasteiger partial charge in [-0.3, -0.25) is 4.98 Å². The van der Waals surface area contributed by atoms with Crippen molar-refractivity contribution < 1.29 is 26.7 Å². The van der Waals surface area contributed by atoms with Crippen molar-refractivity contribution in [3.05, 3.63) is 48.4 Å². The molecule has 1 N–H and O–H groups in total. The molecule has 1 saturated carbocycles. The Labute approximate surface area is 163 Å². The highest BCUT2D eigenvalue weighted by Crippen LogP contribution is 2.39. The van der Waals surface area contributed by atoms with E-state index >= 15 is 0 Å². The number of benzene rings is 1. The molecule has 3 nitrogen and oxygen atoms in total. The number of fused-ring (bicyclic) bond motifs is 1. The fraction of sp³-hybridized carbons (Fsp3) is 0.381. The van der Waals surface area contributed by atoms with Crippen molar-refractivity contribution in [2.24, 2.45) is 5.92 Å². The molecule has 0 aliphatic heterocycles. The van der Waals surface area contributed by atoms with Crippen molar-refractivity contribution in [1.29, 1.82) is 0 Å². The quantitative estimate of drug-likeness (QED) is 0.502. The van der Waals surface area contributed by atoms with Crippen LogP contribution in [-0.4, -0.2) is 22.5 Å². The fourth-order valence-corrected chi connectivity index (χ4v) is 3.75. The molecule has 3 aromatic rings. The number of nitrogens with one attached hydrogen (secondary N) is 1. The summed E-state index contributed by atoms with van der Waals surface area (Å²) >= 11 is 0. The molecule has 0 atom stereocenters. The zero-order valence-corrected chi connectivity index (χ0v) is 15.4. The van der Waals surface area contributed by atoms with Gasteiger partial charge in [-0.15, -0.1) is 0 Å². The number of hydrogen-bond acceptors (Lipinski definition) is 2. The number of H-pyrrole nitrogens is 1. The van der Waals surface area contributed by atoms with Crippen LogP contribution >= 0.6 is 0 Å². The average molecular weight is 410 g/mol. The summed E-state index contributed by atoms with van der Waals surface area (Å²) in [6.45, 7) is 0.308. The lowest BCUT2D eigenvalue weighted by Gasteiger charge is -2.28. The van der Waals surface area contributed by atoms with Crippen LogP contribution in [0.2, 0.25) is 0 Å². The molecule has 1 aliphatic rings. The van der Waals surface area contributed by atoms with Gasteiger partial charge in [-0.1, -0.05) is 12.1 Å². The number of hydrogen-bond donors (Lipinski definition) is 1. The summed E-state index contributed by atoms with van der Waals surface area (Å²) in [5, 5.41) is 0.00617. The van der Waals surface area contributed by atoms with Crippen molar-refractivity contribution in [2.45, 2.75) is 37.8 Å². The Hall–Kier alpha value is -2.64. The van der Waals surface area contributed by atoms with E-state index in [4.69, 9.17) is 4.74 Å². The van der Waals surface area contributed by atoms with Gasteiger partial charge in [0.15, 0.2) is 5.69 Å². The standard InChI is InChI=1S/C21H19F5N2O/c22-20(23)7-4-13(5-8-20)12-29-15-3-1-2-14(10-15)16-11-28-17-6-9-27-19(18(16)17)21(24,25)26/h1-3,6,9-11,13,28H,4-5,7-8,12H2. The monoisotopic (exact) mass is 410 g/mol. The molecule has 29 heavy (non-hydrogen) atoms. The van der Waals surface area contributed by atoms with E-state index < -0.39 is 17.8 Å². The second-order valence-corrected chi connectivity index (χ2v) is 7.42. The van der Waals surface area contributed by atoms with Gasteiger partial charge in [0.1, 0.15) is 5.75 Å². The first kappa shape index (κ1) is 19.7. The van der Waals surface area contributed by atoms with Crippen molar-refractivity contribution in [3.8, 4) is 16.9 Å². The minimum atomic E-state index is -4.58. The topological polar surface area (TPSA) is 37.9 Å². The summed E-state index contributed by atoms with van der Waals surface area (Å²) in [6.07, 6.45) is -1.41. The molecule has 0 bridgehead atoms. The molecule has 0 spiro atoms. The van der Waals surface area contributed by atoms with E-state index in [1.54, 1.807) is 24.3 Å². The second-order valence-electron chi connectivity index (χ2n) is 7.42. The van der Waals surface area contributed by atoms with Crippen molar-refractivity contribution in [1.82, 2.24) is 9.97 Å². The number of aromatic amines is 1. The SMILES string of the molecule is FC1(F)CCC(COc2cccc(-c3c[nH]c4ccnc(C(F)(F)F)c34)c2)CC1. The molecule has 154 valence electrons. The number of nitrogens with zero attached hydrogens (tertiary/aromatic N) is 1. The predicted octanol–water partition coefficient (Wildman–Crippen LogP) is 6.45. The number of aromatic nitrogens is 2. The summed E-state index contributed by atoms with van der Waals surface area (Å²) in [4.78, 5) is 6.39. The highest BCUT2D eigenvalue weighted by molar-refractivity contribution is 5.97. The number of ether oxygens (including phenoxy) is 1. The summed E-state index contributed by atoms with van der Waals surface area (Å²) in [5.74, 6) is -2.05. The molecule has 1 aliphatic carbocycles. The molecule has 8 heteroatoms. The van der Waals surface area contributed by atoms with E-state index in [1.165, 1.54) is 12.3 Å². The van der Waals surface area contributed by atoms with Gasteiger partial charge in [0.25, 0.3) is 0 Å². The molecular formula is C21H19F5N2O. The van der Waals surface area contributed by atoms with Crippen molar-refractivity contribution >= 4 is 10.9 Å². The average Bonchev–Trinajstić information content (AvgIpc) is 3.11. The highest BCUT2D eigenvalue weighted by atomic mass is 19.4. The van der Waals surface area contributed by atoms with Gasteiger partial charge < -0.3 is 9.72 Å². The summed E-state index contributed by atoms with van der Waals surface area (Å²) in [6, 6.07) is 8.26. The summed E-state index contributed by atoms with van der Waals surface area (Å²) in [7, 11) is 0. The predicted molar refractivity (Wildman–Crippen MR) is 98.9 cm³/mol. The zero-order chi connectivity index (χ0) is 20.6. The highest BCUT2D eigenvalue weighted by Gasteiger charge is 2.36. The van der Waals surface area contributed by atoms with Gasteiger partial charge >= 0.3 is 6.18 Å². The molecule has 0 amide bonds. The van der Waals surface area contributed by atoms with Gasteiger partial charge in [-0.05, 0) is 42.5 Å². The summed E-state index contributed by atoms with van der Waals surface area (Å²) < 4.78 is 72.5. The number of rotatable bonds is 4. The molecule has 0 saturated heterocycles. The van der Waals surface area contributed by atoms with E-state index in [0.29, 0.717) is 41.8 Å². The molecule has 2 aromatic heterocycles. The van der Waals surface area contributed by atoms with E-state index in [-0.39, 0.29) is 24.1 Å². The Balaban J connectivity index is 1.57. The largest absolute Gasteiger partial charge is 0.493 e. The van der Waals surface area contributed by atoms with E-state index in [9.17, 15) is 22.0 Å². The van der Waals surface area contributed by atoms with Crippen LogP contribution in [0.1, 0.15) is 31.4 Å². The van der Waals surface area contributed by atoms with Crippen LogP contribution in [0.5, 0.6) is 5.75 Å². The van der Waals surface area contributed by atoms with Crippen LogP contribution in [0.3, 0.4) is 0 Å². The normalized spacial score (nSPS) is 17.6. The van der Waals surface area contributed by atoms with E-state index in [0.717, 1.165) is 6.20 Å². The Morgan fingerprint density at radius 2 is 1.90 bits per heavy atom. The Morgan fingerprint density at radius 1 is 1.14 bits per heavy atom. The molecule has 2 heterocycles. The van der Waals surface area contributed by atoms with Gasteiger partial charge in [-0.25, -0.2) is 8.78 Å². The van der Waals surface area contributed by atoms with Crippen LogP contribution in [0.4, 0.5) is 22.0 Å². The third-order valence-corrected chi connectivity index (χ3v) is 5.33. The van der Waals surface area contributed by atoms with Crippen LogP contribution < -0.4 is 4.74 Å². The van der Waals surface area contributed by atoms with Gasteiger partial charge in [0, 0.05) is 41.7 Å². The van der Waals surface area contributed by atoms with E-state index in [1.807, 2.05) is 0 Å². The Kier molecular flexibility index (Phi) is 4.96. The van der Waals surface area contributed by atoms with Crippen LogP contribution in [0.15, 0.2) is 42.7 Å². The maximum atomic E-state index is 13.4. The van der Waals surface area contributed by atoms with Crippen LogP contribution in [0, 0.1) is 5.92 Å². The van der Waals surface area contributed by atoms with Crippen molar-refractivity contribution in [2.75, 3.05) is 6.61 Å². The minimum absolute atomic E-state index is 0.00617.